The van der Waals surface area contributed by atoms with Crippen LogP contribution in [0.5, 0.6) is 5.75 Å². The van der Waals surface area contributed by atoms with E-state index >= 15 is 0 Å². The number of aryl methyl sites for hydroxylation is 1. The molecule has 0 bridgehead atoms. The summed E-state index contributed by atoms with van der Waals surface area (Å²) in [7, 11) is 1.76. The van der Waals surface area contributed by atoms with E-state index in [4.69, 9.17) is 27.9 Å². The summed E-state index contributed by atoms with van der Waals surface area (Å²) in [6.45, 7) is 1.64. The lowest BCUT2D eigenvalue weighted by Crippen LogP contribution is -2.30. The van der Waals surface area contributed by atoms with Crippen LogP contribution in [0.3, 0.4) is 0 Å². The van der Waals surface area contributed by atoms with Gasteiger partial charge in [-0.3, -0.25) is 4.79 Å². The Kier molecular flexibility index (Phi) is 5.39. The lowest BCUT2D eigenvalue weighted by atomic mass is 10.2. The maximum atomic E-state index is 12.3. The number of carbonyl (C=O) groups excluding carboxylic acids is 1. The molecule has 0 fully saturated rings. The van der Waals surface area contributed by atoms with Crippen molar-refractivity contribution in [3.05, 3.63) is 52.5 Å². The predicted molar refractivity (Wildman–Crippen MR) is 99.4 cm³/mol. The average molecular weight is 392 g/mol. The third-order valence-electron chi connectivity index (χ3n) is 3.60. The molecule has 0 saturated carbocycles. The molecular formula is C17H15Cl2N5O2. The monoisotopic (exact) mass is 391 g/mol. The summed E-state index contributed by atoms with van der Waals surface area (Å²) < 4.78 is 7.17. The zero-order valence-corrected chi connectivity index (χ0v) is 15.5. The van der Waals surface area contributed by atoms with Gasteiger partial charge in [0.2, 0.25) is 0 Å². The maximum Gasteiger partial charge on any atom is 0.265 e. The van der Waals surface area contributed by atoms with Crippen LogP contribution in [0, 0.1) is 0 Å². The Balaban J connectivity index is 1.64. The standard InChI is InChI=1S/C17H15Cl2N5O2/c1-10(26-15-8-5-12(18)9-14(15)19)17(25)20-13-6-3-11(4-7-13)16-21-22-23-24(16)2/h3-10H,1-2H3,(H,20,25). The Morgan fingerprint density at radius 2 is 1.92 bits per heavy atom. The lowest BCUT2D eigenvalue weighted by molar-refractivity contribution is -0.122. The molecule has 1 aromatic heterocycles. The molecule has 0 aliphatic rings. The highest BCUT2D eigenvalue weighted by atomic mass is 35.5. The first-order valence-corrected chi connectivity index (χ1v) is 8.45. The van der Waals surface area contributed by atoms with Crippen LogP contribution in [0.4, 0.5) is 5.69 Å². The third kappa shape index (κ3) is 4.12. The van der Waals surface area contributed by atoms with E-state index in [9.17, 15) is 4.79 Å². The number of amides is 1. The molecule has 0 saturated heterocycles. The SMILES string of the molecule is CC(Oc1ccc(Cl)cc1Cl)C(=O)Nc1ccc(-c2nnnn2C)cc1. The summed E-state index contributed by atoms with van der Waals surface area (Å²) in [6, 6.07) is 12.0. The zero-order chi connectivity index (χ0) is 18.7. The quantitative estimate of drug-likeness (QED) is 0.718. The molecule has 3 rings (SSSR count). The van der Waals surface area contributed by atoms with Gasteiger partial charge in [0.05, 0.1) is 5.02 Å². The van der Waals surface area contributed by atoms with Crippen molar-refractivity contribution in [2.45, 2.75) is 13.0 Å². The van der Waals surface area contributed by atoms with Crippen molar-refractivity contribution in [3.63, 3.8) is 0 Å². The van der Waals surface area contributed by atoms with Crippen molar-refractivity contribution < 1.29 is 9.53 Å². The fourth-order valence-corrected chi connectivity index (χ4v) is 2.69. The van der Waals surface area contributed by atoms with E-state index in [0.717, 1.165) is 5.56 Å². The van der Waals surface area contributed by atoms with Gasteiger partial charge in [0.1, 0.15) is 5.75 Å². The zero-order valence-electron chi connectivity index (χ0n) is 14.0. The van der Waals surface area contributed by atoms with E-state index in [1.54, 1.807) is 49.0 Å². The second-order valence-corrected chi connectivity index (χ2v) is 6.37. The van der Waals surface area contributed by atoms with E-state index in [1.807, 2.05) is 12.1 Å². The van der Waals surface area contributed by atoms with Crippen LogP contribution in [-0.4, -0.2) is 32.2 Å². The Morgan fingerprint density at radius 3 is 2.54 bits per heavy atom. The summed E-state index contributed by atoms with van der Waals surface area (Å²) in [5.74, 6) is 0.727. The number of carbonyl (C=O) groups is 1. The average Bonchev–Trinajstić information content (AvgIpc) is 3.04. The second kappa shape index (κ2) is 7.72. The number of hydrogen-bond donors (Lipinski definition) is 1. The molecule has 3 aromatic rings. The van der Waals surface area contributed by atoms with Crippen molar-refractivity contribution in [1.29, 1.82) is 0 Å². The summed E-state index contributed by atoms with van der Waals surface area (Å²) in [5, 5.41) is 15.0. The van der Waals surface area contributed by atoms with Gasteiger partial charge in [-0.25, -0.2) is 4.68 Å². The molecule has 9 heteroatoms. The van der Waals surface area contributed by atoms with Crippen LogP contribution in [0.25, 0.3) is 11.4 Å². The summed E-state index contributed by atoms with van der Waals surface area (Å²) >= 11 is 11.9. The van der Waals surface area contributed by atoms with Crippen LogP contribution in [0.15, 0.2) is 42.5 Å². The van der Waals surface area contributed by atoms with E-state index in [2.05, 4.69) is 20.8 Å². The molecule has 7 nitrogen and oxygen atoms in total. The smallest absolute Gasteiger partial charge is 0.265 e. The van der Waals surface area contributed by atoms with Gasteiger partial charge < -0.3 is 10.1 Å². The molecule has 1 amide bonds. The summed E-state index contributed by atoms with van der Waals surface area (Å²) in [4.78, 5) is 12.3. The number of tetrazole rings is 1. The fraction of sp³-hybridized carbons (Fsp3) is 0.176. The lowest BCUT2D eigenvalue weighted by Gasteiger charge is -2.16. The fourth-order valence-electron chi connectivity index (χ4n) is 2.24. The van der Waals surface area contributed by atoms with Gasteiger partial charge in [-0.15, -0.1) is 5.10 Å². The minimum absolute atomic E-state index is 0.302. The van der Waals surface area contributed by atoms with Crippen LogP contribution in [0.1, 0.15) is 6.92 Å². The summed E-state index contributed by atoms with van der Waals surface area (Å²) in [5.41, 5.74) is 1.47. The van der Waals surface area contributed by atoms with Gasteiger partial charge in [0.25, 0.3) is 5.91 Å². The van der Waals surface area contributed by atoms with E-state index in [1.165, 1.54) is 0 Å². The Bertz CT molecular complexity index is 927. The topological polar surface area (TPSA) is 81.9 Å². The van der Waals surface area contributed by atoms with E-state index in [-0.39, 0.29) is 5.91 Å². The number of benzene rings is 2. The number of rotatable bonds is 5. The normalized spacial score (nSPS) is 11.8. The minimum atomic E-state index is -0.740. The van der Waals surface area contributed by atoms with Crippen molar-refractivity contribution in [2.75, 3.05) is 5.32 Å². The molecule has 2 aromatic carbocycles. The highest BCUT2D eigenvalue weighted by molar-refractivity contribution is 6.35. The van der Waals surface area contributed by atoms with E-state index < -0.39 is 6.10 Å². The molecule has 0 aliphatic carbocycles. The first-order valence-electron chi connectivity index (χ1n) is 7.69. The minimum Gasteiger partial charge on any atom is -0.479 e. The first kappa shape index (κ1) is 18.2. The first-order chi connectivity index (χ1) is 12.4. The molecule has 134 valence electrons. The molecule has 1 N–H and O–H groups in total. The Labute approximate surface area is 159 Å². The van der Waals surface area contributed by atoms with Crippen LogP contribution in [-0.2, 0) is 11.8 Å². The second-order valence-electron chi connectivity index (χ2n) is 5.53. The highest BCUT2D eigenvalue weighted by Crippen LogP contribution is 2.28. The number of ether oxygens (including phenoxy) is 1. The molecule has 0 radical (unpaired) electrons. The molecule has 26 heavy (non-hydrogen) atoms. The molecule has 1 unspecified atom stereocenters. The van der Waals surface area contributed by atoms with Gasteiger partial charge in [0, 0.05) is 23.3 Å². The predicted octanol–water partition coefficient (Wildman–Crippen LogP) is 3.59. The van der Waals surface area contributed by atoms with Crippen molar-refractivity contribution in [2.24, 2.45) is 7.05 Å². The summed E-state index contributed by atoms with van der Waals surface area (Å²) in [6.07, 6.45) is -0.740. The van der Waals surface area contributed by atoms with Crippen molar-refractivity contribution in [3.8, 4) is 17.1 Å². The molecule has 0 spiro atoms. The molecule has 1 heterocycles. The number of nitrogens with one attached hydrogen (secondary N) is 1. The van der Waals surface area contributed by atoms with Crippen molar-refractivity contribution in [1.82, 2.24) is 20.2 Å². The highest BCUT2D eigenvalue weighted by Gasteiger charge is 2.17. The van der Waals surface area contributed by atoms with Crippen molar-refractivity contribution >= 4 is 34.8 Å². The Morgan fingerprint density at radius 1 is 1.19 bits per heavy atom. The largest absolute Gasteiger partial charge is 0.479 e. The van der Waals surface area contributed by atoms with E-state index in [0.29, 0.717) is 27.3 Å². The van der Waals surface area contributed by atoms with Crippen LogP contribution in [0.2, 0.25) is 10.0 Å². The Hall–Kier alpha value is -2.64. The number of hydrogen-bond acceptors (Lipinski definition) is 5. The third-order valence-corrected chi connectivity index (χ3v) is 4.13. The van der Waals surface area contributed by atoms with Gasteiger partial charge in [-0.2, -0.15) is 0 Å². The van der Waals surface area contributed by atoms with Gasteiger partial charge in [-0.05, 0) is 59.8 Å². The maximum absolute atomic E-state index is 12.3. The number of anilines is 1. The van der Waals surface area contributed by atoms with Gasteiger partial charge in [0.15, 0.2) is 11.9 Å². The molecular weight excluding hydrogens is 377 g/mol. The van der Waals surface area contributed by atoms with Crippen LogP contribution >= 0.6 is 23.2 Å². The van der Waals surface area contributed by atoms with Crippen LogP contribution < -0.4 is 10.1 Å². The van der Waals surface area contributed by atoms with Gasteiger partial charge in [-0.1, -0.05) is 23.2 Å². The van der Waals surface area contributed by atoms with Gasteiger partial charge >= 0.3 is 0 Å². The number of halogens is 2. The molecule has 1 atom stereocenters. The molecule has 0 aliphatic heterocycles. The number of nitrogens with zero attached hydrogens (tertiary/aromatic N) is 4. The number of aromatic nitrogens is 4.